The molecule has 0 aliphatic carbocycles. The van der Waals surface area contributed by atoms with E-state index in [0.29, 0.717) is 11.7 Å². The number of fused-ring (bicyclic) bond motifs is 3. The number of piperidine rings is 4. The fourth-order valence-corrected chi connectivity index (χ4v) is 4.97. The van der Waals surface area contributed by atoms with E-state index >= 15 is 0 Å². The van der Waals surface area contributed by atoms with Crippen molar-refractivity contribution in [2.75, 3.05) is 37.6 Å². The summed E-state index contributed by atoms with van der Waals surface area (Å²) in [5.74, 6) is 1.69. The van der Waals surface area contributed by atoms with Gasteiger partial charge in [0.15, 0.2) is 5.76 Å². The Labute approximate surface area is 166 Å². The Bertz CT molecular complexity index is 815. The molecule has 5 heteroatoms. The predicted octanol–water partition coefficient (Wildman–Crippen LogP) is 3.76. The molecule has 148 valence electrons. The Morgan fingerprint density at radius 3 is 2.36 bits per heavy atom. The first-order chi connectivity index (χ1) is 13.8. The Morgan fingerprint density at radius 2 is 1.68 bits per heavy atom. The molecule has 0 radical (unpaired) electrons. The Hall–Kier alpha value is -2.27. The summed E-state index contributed by atoms with van der Waals surface area (Å²) in [4.78, 5) is 17.6. The SMILES string of the molecule is O=C(N[C@H]1CN2CCC1CC2)c1ccc(-c2ccc(N3CCCCC3)cc2)o1. The summed E-state index contributed by atoms with van der Waals surface area (Å²) in [6, 6.07) is 12.5. The first-order valence-corrected chi connectivity index (χ1v) is 10.7. The zero-order valence-corrected chi connectivity index (χ0v) is 16.4. The number of nitrogens with one attached hydrogen (secondary N) is 1. The van der Waals surface area contributed by atoms with Crippen LogP contribution in [0.15, 0.2) is 40.8 Å². The van der Waals surface area contributed by atoms with Crippen LogP contribution in [0.4, 0.5) is 5.69 Å². The average molecular weight is 380 g/mol. The summed E-state index contributed by atoms with van der Waals surface area (Å²) >= 11 is 0. The van der Waals surface area contributed by atoms with Gasteiger partial charge in [-0.15, -0.1) is 0 Å². The van der Waals surface area contributed by atoms with Crippen LogP contribution >= 0.6 is 0 Å². The molecule has 1 N–H and O–H groups in total. The van der Waals surface area contributed by atoms with Gasteiger partial charge in [-0.05, 0) is 87.5 Å². The summed E-state index contributed by atoms with van der Waals surface area (Å²) in [6.07, 6.45) is 6.27. The lowest BCUT2D eigenvalue weighted by molar-refractivity contribution is 0.0606. The number of furan rings is 1. The number of rotatable bonds is 4. The van der Waals surface area contributed by atoms with Crippen molar-refractivity contribution in [2.24, 2.45) is 5.92 Å². The maximum atomic E-state index is 12.7. The van der Waals surface area contributed by atoms with E-state index in [1.54, 1.807) is 6.07 Å². The fourth-order valence-electron chi connectivity index (χ4n) is 4.97. The molecular weight excluding hydrogens is 350 g/mol. The summed E-state index contributed by atoms with van der Waals surface area (Å²) in [7, 11) is 0. The largest absolute Gasteiger partial charge is 0.451 e. The molecule has 1 aromatic carbocycles. The minimum Gasteiger partial charge on any atom is -0.451 e. The van der Waals surface area contributed by atoms with E-state index in [1.807, 2.05) is 6.07 Å². The Kier molecular flexibility index (Phi) is 4.85. The zero-order chi connectivity index (χ0) is 18.9. The van der Waals surface area contributed by atoms with Crippen LogP contribution in [0.25, 0.3) is 11.3 Å². The van der Waals surface area contributed by atoms with E-state index in [2.05, 4.69) is 39.4 Å². The van der Waals surface area contributed by atoms with Gasteiger partial charge < -0.3 is 19.5 Å². The lowest BCUT2D eigenvalue weighted by atomic mass is 9.84. The van der Waals surface area contributed by atoms with E-state index in [0.717, 1.165) is 31.0 Å². The first-order valence-electron chi connectivity index (χ1n) is 10.7. The summed E-state index contributed by atoms with van der Waals surface area (Å²) in [5.41, 5.74) is 2.29. The van der Waals surface area contributed by atoms with E-state index in [-0.39, 0.29) is 11.9 Å². The second kappa shape index (κ2) is 7.63. The normalized spacial score (nSPS) is 27.0. The highest BCUT2D eigenvalue weighted by Gasteiger charge is 2.35. The number of benzene rings is 1. The lowest BCUT2D eigenvalue weighted by Gasteiger charge is -2.44. The van der Waals surface area contributed by atoms with Gasteiger partial charge in [0, 0.05) is 36.9 Å². The van der Waals surface area contributed by atoms with E-state index < -0.39 is 0 Å². The van der Waals surface area contributed by atoms with Crippen molar-refractivity contribution < 1.29 is 9.21 Å². The first kappa shape index (κ1) is 17.8. The van der Waals surface area contributed by atoms with E-state index in [4.69, 9.17) is 4.42 Å². The lowest BCUT2D eigenvalue weighted by Crippen LogP contribution is -2.57. The van der Waals surface area contributed by atoms with Gasteiger partial charge in [0.1, 0.15) is 5.76 Å². The highest BCUT2D eigenvalue weighted by atomic mass is 16.3. The molecule has 4 fully saturated rings. The van der Waals surface area contributed by atoms with Gasteiger partial charge in [0.05, 0.1) is 0 Å². The number of hydrogen-bond acceptors (Lipinski definition) is 4. The molecule has 1 aromatic heterocycles. The van der Waals surface area contributed by atoms with Gasteiger partial charge in [-0.1, -0.05) is 0 Å². The minimum atomic E-state index is -0.0880. The second-order valence-corrected chi connectivity index (χ2v) is 8.48. The fraction of sp³-hybridized carbons (Fsp3) is 0.522. The van der Waals surface area contributed by atoms with Gasteiger partial charge >= 0.3 is 0 Å². The van der Waals surface area contributed by atoms with Crippen molar-refractivity contribution in [3.8, 4) is 11.3 Å². The van der Waals surface area contributed by atoms with E-state index in [9.17, 15) is 4.79 Å². The van der Waals surface area contributed by atoms with Crippen LogP contribution in [-0.4, -0.2) is 49.6 Å². The molecule has 5 heterocycles. The number of carbonyl (C=O) groups is 1. The van der Waals surface area contributed by atoms with Crippen LogP contribution in [-0.2, 0) is 0 Å². The maximum Gasteiger partial charge on any atom is 0.287 e. The zero-order valence-electron chi connectivity index (χ0n) is 16.4. The highest BCUT2D eigenvalue weighted by Crippen LogP contribution is 2.29. The molecule has 0 unspecified atom stereocenters. The van der Waals surface area contributed by atoms with Crippen LogP contribution in [0.2, 0.25) is 0 Å². The van der Waals surface area contributed by atoms with Gasteiger partial charge in [-0.3, -0.25) is 4.79 Å². The Balaban J connectivity index is 1.24. The van der Waals surface area contributed by atoms with Gasteiger partial charge in [0.25, 0.3) is 5.91 Å². The van der Waals surface area contributed by atoms with Crippen molar-refractivity contribution in [1.82, 2.24) is 10.2 Å². The second-order valence-electron chi connectivity index (χ2n) is 8.48. The number of anilines is 1. The van der Waals surface area contributed by atoms with Crippen LogP contribution < -0.4 is 10.2 Å². The van der Waals surface area contributed by atoms with Crippen LogP contribution in [0.3, 0.4) is 0 Å². The summed E-state index contributed by atoms with van der Waals surface area (Å²) in [5, 5.41) is 3.20. The number of nitrogens with zero attached hydrogens (tertiary/aromatic N) is 2. The average Bonchev–Trinajstić information content (AvgIpc) is 3.26. The van der Waals surface area contributed by atoms with Crippen molar-refractivity contribution in [3.63, 3.8) is 0 Å². The molecule has 2 aromatic rings. The van der Waals surface area contributed by atoms with E-state index in [1.165, 1.54) is 50.9 Å². The molecule has 28 heavy (non-hydrogen) atoms. The molecule has 1 amide bonds. The van der Waals surface area contributed by atoms with Crippen LogP contribution in [0, 0.1) is 5.92 Å². The third-order valence-corrected chi connectivity index (χ3v) is 6.68. The third kappa shape index (κ3) is 3.55. The summed E-state index contributed by atoms with van der Waals surface area (Å²) in [6.45, 7) is 5.61. The van der Waals surface area contributed by atoms with Crippen LogP contribution in [0.1, 0.15) is 42.7 Å². The van der Waals surface area contributed by atoms with Gasteiger partial charge in [-0.2, -0.15) is 0 Å². The van der Waals surface area contributed by atoms with Crippen molar-refractivity contribution in [1.29, 1.82) is 0 Å². The number of amides is 1. The molecule has 4 aliphatic heterocycles. The quantitative estimate of drug-likeness (QED) is 0.879. The summed E-state index contributed by atoms with van der Waals surface area (Å²) < 4.78 is 5.90. The molecule has 4 saturated heterocycles. The monoisotopic (exact) mass is 379 g/mol. The highest BCUT2D eigenvalue weighted by molar-refractivity contribution is 5.92. The van der Waals surface area contributed by atoms with Crippen molar-refractivity contribution in [3.05, 3.63) is 42.2 Å². The van der Waals surface area contributed by atoms with Gasteiger partial charge in [0.2, 0.25) is 0 Å². The van der Waals surface area contributed by atoms with Crippen LogP contribution in [0.5, 0.6) is 0 Å². The minimum absolute atomic E-state index is 0.0880. The molecule has 2 bridgehead atoms. The topological polar surface area (TPSA) is 48.7 Å². The molecular formula is C23H29N3O2. The standard InChI is InChI=1S/C23H29N3O2/c27-23(24-20-16-25-14-10-17(20)11-15-25)22-9-8-21(28-22)18-4-6-19(7-5-18)26-12-2-1-3-13-26/h4-9,17,20H,1-3,10-16H2,(H,24,27)/t20-/m0/s1. The predicted molar refractivity (Wildman–Crippen MR) is 111 cm³/mol. The third-order valence-electron chi connectivity index (χ3n) is 6.68. The van der Waals surface area contributed by atoms with Gasteiger partial charge in [-0.25, -0.2) is 0 Å². The number of hydrogen-bond donors (Lipinski definition) is 1. The van der Waals surface area contributed by atoms with Crippen molar-refractivity contribution >= 4 is 11.6 Å². The Morgan fingerprint density at radius 1 is 0.929 bits per heavy atom. The molecule has 1 atom stereocenters. The molecule has 5 nitrogen and oxygen atoms in total. The molecule has 0 saturated carbocycles. The van der Waals surface area contributed by atoms with Crippen molar-refractivity contribution in [2.45, 2.75) is 38.1 Å². The number of carbonyl (C=O) groups excluding carboxylic acids is 1. The molecule has 4 aliphatic rings. The molecule has 6 rings (SSSR count). The smallest absolute Gasteiger partial charge is 0.287 e. The maximum absolute atomic E-state index is 12.7. The molecule has 0 spiro atoms.